The third kappa shape index (κ3) is 35.2. The second-order valence-corrected chi connectivity index (χ2v) is 19.0. The molecule has 27 nitrogen and oxygen atoms in total. The molecule has 0 spiro atoms. The third-order valence-electron chi connectivity index (χ3n) is 8.25. The van der Waals surface area contributed by atoms with E-state index in [9.17, 15) is 39.9 Å². The average molecular weight is 999 g/mol. The number of nitrogens with zero attached hydrogens (tertiary/aromatic N) is 5. The van der Waals surface area contributed by atoms with Crippen LogP contribution in [0, 0.1) is 0 Å². The molecule has 0 fully saturated rings. The Labute approximate surface area is 388 Å². The summed E-state index contributed by atoms with van der Waals surface area (Å²) in [6.07, 6.45) is -3.03. The maximum atomic E-state index is 10.5. The van der Waals surface area contributed by atoms with Crippen molar-refractivity contribution in [2.45, 2.75) is 89.1 Å². The number of hydrogen-bond acceptors (Lipinski definition) is 27. The Bertz CT molecular complexity index is 1280. The molecule has 1 aromatic heterocycles. The van der Waals surface area contributed by atoms with Crippen LogP contribution in [0.5, 0.6) is 0 Å². The van der Waals surface area contributed by atoms with Gasteiger partial charge in [-0.1, -0.05) is 13.3 Å². The smallest absolute Gasteiger partial charge is 0.390 e. The van der Waals surface area contributed by atoms with Crippen LogP contribution in [0.1, 0.15) is 46.5 Å². The van der Waals surface area contributed by atoms with E-state index in [2.05, 4.69) is 20.3 Å². The molecule has 1 heterocycles. The quantitative estimate of drug-likeness (QED) is 0.0169. The zero-order valence-corrected chi connectivity index (χ0v) is 40.5. The predicted octanol–water partition coefficient (Wildman–Crippen LogP) is -3.89. The number of aliphatic hydroxyl groups is 5. The first kappa shape index (κ1) is 62.0. The molecule has 1 aromatic rings. The predicted molar refractivity (Wildman–Crippen MR) is 237 cm³/mol. The van der Waals surface area contributed by atoms with Crippen molar-refractivity contribution >= 4 is 35.5 Å². The lowest BCUT2D eigenvalue weighted by molar-refractivity contribution is -0.0339. The minimum Gasteiger partial charge on any atom is -0.390 e. The zero-order valence-electron chi connectivity index (χ0n) is 38.5. The molecule has 0 amide bonds. The molecule has 0 saturated heterocycles. The van der Waals surface area contributed by atoms with Gasteiger partial charge in [0.05, 0.1) is 66.1 Å². The molecule has 390 valence electrons. The maximum Gasteiger partial charge on any atom is 0.492 e. The monoisotopic (exact) mass is 998 g/mol. The highest BCUT2D eigenvalue weighted by atomic mass is 28.4. The van der Waals surface area contributed by atoms with E-state index in [1.165, 1.54) is 9.80 Å². The van der Waals surface area contributed by atoms with Crippen molar-refractivity contribution in [3.8, 4) is 0 Å². The maximum absolute atomic E-state index is 10.5. The van der Waals surface area contributed by atoms with E-state index in [4.69, 9.17) is 61.8 Å². The molecule has 29 heteroatoms. The van der Waals surface area contributed by atoms with E-state index in [0.29, 0.717) is 19.8 Å². The molecule has 0 radical (unpaired) electrons. The van der Waals surface area contributed by atoms with Crippen LogP contribution in [-0.4, -0.2) is 250 Å². The average Bonchev–Trinajstić information content (AvgIpc) is 3.25. The lowest BCUT2D eigenvalue weighted by Crippen LogP contribution is -2.37. The number of anilines is 3. The standard InChI is InChI=1S/C37H78N6O21Si2/c1-4-7-10-57-18-33(47)23-63-28-43(29-64-24-34(48)19-59-12-9-14-66(52,53)54)37-40-35(38-25-60-20-32(46)17-58-11-8-13-65(49,50)51)39-36(41-37)42(26-61-21-30(44)15-55-5-2)27-62-22-31(45)16-56-6-3/h30-34,44-54H,4-29H2,1-3H3,(H,38,39,40,41)/t30-,31+,32?,33?,34-/m1/s1. The van der Waals surface area contributed by atoms with Gasteiger partial charge in [0.25, 0.3) is 0 Å². The van der Waals surface area contributed by atoms with Crippen LogP contribution >= 0.6 is 0 Å². The summed E-state index contributed by atoms with van der Waals surface area (Å²) in [5.74, 6) is -0.163. The van der Waals surface area contributed by atoms with E-state index < -0.39 is 48.1 Å². The van der Waals surface area contributed by atoms with Crippen molar-refractivity contribution in [2.24, 2.45) is 0 Å². The van der Waals surface area contributed by atoms with Crippen LogP contribution in [0.15, 0.2) is 0 Å². The van der Waals surface area contributed by atoms with E-state index in [-0.39, 0.29) is 156 Å². The molecule has 2 unspecified atom stereocenters. The fourth-order valence-electron chi connectivity index (χ4n) is 5.00. The van der Waals surface area contributed by atoms with Crippen molar-refractivity contribution in [2.75, 3.05) is 148 Å². The second kappa shape index (κ2) is 37.8. The largest absolute Gasteiger partial charge is 0.492 e. The van der Waals surface area contributed by atoms with Gasteiger partial charge in [0, 0.05) is 45.1 Å². The van der Waals surface area contributed by atoms with Crippen LogP contribution in [0.4, 0.5) is 17.8 Å². The molecule has 1 rings (SSSR count). The lowest BCUT2D eigenvalue weighted by Gasteiger charge is -2.27. The van der Waals surface area contributed by atoms with E-state index >= 15 is 0 Å². The lowest BCUT2D eigenvalue weighted by atomic mass is 10.3. The first-order valence-electron chi connectivity index (χ1n) is 22.0. The fraction of sp³-hybridized carbons (Fsp3) is 0.919. The topological polar surface area (TPSA) is 372 Å². The van der Waals surface area contributed by atoms with Gasteiger partial charge in [0.1, 0.15) is 64.2 Å². The van der Waals surface area contributed by atoms with Gasteiger partial charge in [-0.2, -0.15) is 15.0 Å². The minimum atomic E-state index is -4.22. The number of nitrogens with one attached hydrogen (secondary N) is 1. The van der Waals surface area contributed by atoms with Gasteiger partial charge in [-0.05, 0) is 33.1 Å². The number of aliphatic hydroxyl groups excluding tert-OH is 5. The fourth-order valence-corrected chi connectivity index (χ4v) is 6.24. The van der Waals surface area contributed by atoms with E-state index in [1.54, 1.807) is 13.8 Å². The Morgan fingerprint density at radius 2 is 0.758 bits per heavy atom. The van der Waals surface area contributed by atoms with Crippen LogP contribution in [-0.2, 0) is 47.4 Å². The summed E-state index contributed by atoms with van der Waals surface area (Å²) in [5.41, 5.74) is 0. The van der Waals surface area contributed by atoms with Gasteiger partial charge in [-0.25, -0.2) is 0 Å². The summed E-state index contributed by atoms with van der Waals surface area (Å²) in [4.78, 5) is 71.5. The highest BCUT2D eigenvalue weighted by Gasteiger charge is 2.27. The van der Waals surface area contributed by atoms with Crippen LogP contribution in [0.3, 0.4) is 0 Å². The highest BCUT2D eigenvalue weighted by Crippen LogP contribution is 2.18. The number of aromatic nitrogens is 3. The van der Waals surface area contributed by atoms with Crippen LogP contribution in [0.25, 0.3) is 0 Å². The summed E-state index contributed by atoms with van der Waals surface area (Å²) < 4.78 is 55.5. The Kier molecular flexibility index (Phi) is 35.6. The van der Waals surface area contributed by atoms with Crippen molar-refractivity contribution in [3.05, 3.63) is 0 Å². The Morgan fingerprint density at radius 1 is 0.439 bits per heavy atom. The van der Waals surface area contributed by atoms with Crippen LogP contribution in [0.2, 0.25) is 12.1 Å². The molecule has 0 saturated carbocycles. The first-order chi connectivity index (χ1) is 31.5. The molecular formula is C37H78N6O21Si2. The first-order valence-corrected chi connectivity index (χ1v) is 26.1. The third-order valence-corrected chi connectivity index (χ3v) is 10.3. The molecular weight excluding hydrogens is 921 g/mol. The Balaban J connectivity index is 3.37. The van der Waals surface area contributed by atoms with Gasteiger partial charge in [-0.3, -0.25) is 9.80 Å². The molecule has 0 aliphatic rings. The SMILES string of the molecule is CCCCOCC(O)COCN(COC[C@H](O)COCCC[Si](O)(O)O)c1nc(NCOCC(O)COCCC[Si](O)(O)O)nc(N(COC[C@H](O)COCC)COC[C@@H](O)COCC)n1. The summed E-state index contributed by atoms with van der Waals surface area (Å²) >= 11 is 0. The van der Waals surface area contributed by atoms with Crippen molar-refractivity contribution < 1.29 is 102 Å². The Hall–Kier alpha value is -2.00. The van der Waals surface area contributed by atoms with E-state index in [1.807, 2.05) is 6.92 Å². The molecule has 0 aliphatic carbocycles. The molecule has 66 heavy (non-hydrogen) atoms. The number of rotatable bonds is 46. The minimum absolute atomic E-state index is 0.0229. The molecule has 5 atom stereocenters. The van der Waals surface area contributed by atoms with E-state index in [0.717, 1.165) is 12.8 Å². The number of ether oxygens (including phenoxy) is 10. The van der Waals surface area contributed by atoms with Crippen molar-refractivity contribution in [1.29, 1.82) is 0 Å². The number of hydrogen-bond donors (Lipinski definition) is 12. The Morgan fingerprint density at radius 3 is 1.09 bits per heavy atom. The normalized spacial score (nSPS) is 14.6. The van der Waals surface area contributed by atoms with Gasteiger partial charge in [0.2, 0.25) is 17.8 Å². The summed E-state index contributed by atoms with van der Waals surface area (Å²) in [5, 5.41) is 55.0. The summed E-state index contributed by atoms with van der Waals surface area (Å²) in [6.45, 7) is 4.53. The second-order valence-electron chi connectivity index (χ2n) is 15.0. The van der Waals surface area contributed by atoms with Crippen molar-refractivity contribution in [3.63, 3.8) is 0 Å². The molecule has 0 aromatic carbocycles. The summed E-state index contributed by atoms with van der Waals surface area (Å²) in [7, 11) is -8.41. The molecule has 12 N–H and O–H groups in total. The summed E-state index contributed by atoms with van der Waals surface area (Å²) in [6, 6.07) is -0.436. The highest BCUT2D eigenvalue weighted by molar-refractivity contribution is 6.56. The van der Waals surface area contributed by atoms with Gasteiger partial charge in [-0.15, -0.1) is 0 Å². The van der Waals surface area contributed by atoms with Gasteiger partial charge in [0.15, 0.2) is 0 Å². The van der Waals surface area contributed by atoms with Gasteiger partial charge < -0.3 is 107 Å². The van der Waals surface area contributed by atoms with Crippen molar-refractivity contribution in [1.82, 2.24) is 15.0 Å². The molecule has 0 bridgehead atoms. The number of unbranched alkanes of at least 4 members (excludes halogenated alkanes) is 1. The molecule has 0 aliphatic heterocycles. The zero-order chi connectivity index (χ0) is 49.1. The van der Waals surface area contributed by atoms with Crippen LogP contribution < -0.4 is 15.1 Å². The van der Waals surface area contributed by atoms with Gasteiger partial charge >= 0.3 is 17.6 Å².